The Morgan fingerprint density at radius 2 is 2.14 bits per heavy atom. The van der Waals surface area contributed by atoms with Crippen LogP contribution in [0.1, 0.15) is 22.9 Å². The molecule has 8 heteroatoms. The van der Waals surface area contributed by atoms with E-state index in [9.17, 15) is 14.7 Å². The number of nitrogens with zero attached hydrogens (tertiary/aromatic N) is 3. The van der Waals surface area contributed by atoms with Crippen LogP contribution in [0.25, 0.3) is 0 Å². The molecule has 0 radical (unpaired) electrons. The molecule has 21 heavy (non-hydrogen) atoms. The molecule has 2 aromatic rings. The predicted molar refractivity (Wildman–Crippen MR) is 79.9 cm³/mol. The summed E-state index contributed by atoms with van der Waals surface area (Å²) >= 11 is 1.60. The lowest BCUT2D eigenvalue weighted by atomic mass is 10.1. The van der Waals surface area contributed by atoms with E-state index in [4.69, 9.17) is 0 Å². The SMILES string of the molecule is Cn1c(O)c(C2=NNC(c3cccs3)C2)c(=O)n(C)c1=O. The third-order valence-corrected chi connectivity index (χ3v) is 4.55. The van der Waals surface area contributed by atoms with E-state index in [0.29, 0.717) is 12.1 Å². The van der Waals surface area contributed by atoms with E-state index in [1.165, 1.54) is 14.1 Å². The second kappa shape index (κ2) is 4.88. The topological polar surface area (TPSA) is 88.6 Å². The van der Waals surface area contributed by atoms with Gasteiger partial charge in [-0.15, -0.1) is 11.3 Å². The number of hydrogen-bond acceptors (Lipinski definition) is 6. The maximum Gasteiger partial charge on any atom is 0.333 e. The lowest BCUT2D eigenvalue weighted by molar-refractivity contribution is 0.410. The molecule has 0 amide bonds. The average Bonchev–Trinajstić information content (AvgIpc) is 3.14. The molecule has 0 saturated heterocycles. The van der Waals surface area contributed by atoms with Gasteiger partial charge in [-0.05, 0) is 11.4 Å². The summed E-state index contributed by atoms with van der Waals surface area (Å²) < 4.78 is 2.01. The zero-order chi connectivity index (χ0) is 15.1. The average molecular weight is 306 g/mol. The van der Waals surface area contributed by atoms with Gasteiger partial charge >= 0.3 is 5.69 Å². The molecule has 1 aliphatic rings. The molecule has 0 fully saturated rings. The van der Waals surface area contributed by atoms with Gasteiger partial charge in [0, 0.05) is 25.4 Å². The number of rotatable bonds is 2. The fraction of sp³-hybridized carbons (Fsp3) is 0.308. The molecule has 7 nitrogen and oxygen atoms in total. The van der Waals surface area contributed by atoms with Gasteiger partial charge in [0.2, 0.25) is 5.88 Å². The summed E-state index contributed by atoms with van der Waals surface area (Å²) in [5.41, 5.74) is 2.40. The maximum absolute atomic E-state index is 12.2. The van der Waals surface area contributed by atoms with Crippen LogP contribution in [0.2, 0.25) is 0 Å². The van der Waals surface area contributed by atoms with E-state index in [1.807, 2.05) is 17.5 Å². The minimum atomic E-state index is -0.567. The van der Waals surface area contributed by atoms with Gasteiger partial charge in [-0.3, -0.25) is 13.9 Å². The maximum atomic E-state index is 12.2. The molecular weight excluding hydrogens is 292 g/mol. The zero-order valence-electron chi connectivity index (χ0n) is 11.5. The van der Waals surface area contributed by atoms with Crippen LogP contribution in [0, 0.1) is 0 Å². The zero-order valence-corrected chi connectivity index (χ0v) is 12.3. The van der Waals surface area contributed by atoms with Crippen molar-refractivity contribution in [2.45, 2.75) is 12.5 Å². The standard InChI is InChI=1S/C13H14N4O3S/c1-16-11(18)10(12(19)17(2)13(16)20)8-6-7(14-15-8)9-4-3-5-21-9/h3-5,7,14,18H,6H2,1-2H3. The molecule has 0 saturated carbocycles. The van der Waals surface area contributed by atoms with Gasteiger partial charge in [0.25, 0.3) is 5.56 Å². The van der Waals surface area contributed by atoms with Crippen molar-refractivity contribution in [1.29, 1.82) is 0 Å². The van der Waals surface area contributed by atoms with Crippen LogP contribution in [0.5, 0.6) is 5.88 Å². The van der Waals surface area contributed by atoms with Crippen molar-refractivity contribution in [2.24, 2.45) is 19.2 Å². The quantitative estimate of drug-likeness (QED) is 0.834. The number of aromatic hydroxyl groups is 1. The fourth-order valence-corrected chi connectivity index (χ4v) is 3.11. The summed E-state index contributed by atoms with van der Waals surface area (Å²) in [6.07, 6.45) is 0.488. The van der Waals surface area contributed by atoms with Crippen molar-refractivity contribution in [2.75, 3.05) is 0 Å². The van der Waals surface area contributed by atoms with Gasteiger partial charge in [0.15, 0.2) is 0 Å². The molecule has 0 bridgehead atoms. The molecule has 110 valence electrons. The highest BCUT2D eigenvalue weighted by Gasteiger charge is 2.27. The van der Waals surface area contributed by atoms with Crippen LogP contribution in [0.3, 0.4) is 0 Å². The van der Waals surface area contributed by atoms with Crippen LogP contribution in [0.4, 0.5) is 0 Å². The second-order valence-corrected chi connectivity index (χ2v) is 5.84. The normalized spacial score (nSPS) is 17.6. The number of hydrazone groups is 1. The smallest absolute Gasteiger partial charge is 0.333 e. The Morgan fingerprint density at radius 1 is 1.38 bits per heavy atom. The Kier molecular flexibility index (Phi) is 3.17. The van der Waals surface area contributed by atoms with E-state index in [1.54, 1.807) is 11.3 Å². The predicted octanol–water partition coefficient (Wildman–Crippen LogP) is 0.290. The molecule has 0 spiro atoms. The highest BCUT2D eigenvalue weighted by molar-refractivity contribution is 7.10. The van der Waals surface area contributed by atoms with Crippen molar-refractivity contribution in [3.8, 4) is 5.88 Å². The number of hydrogen-bond donors (Lipinski definition) is 2. The molecule has 3 rings (SSSR count). The van der Waals surface area contributed by atoms with Crippen molar-refractivity contribution >= 4 is 17.0 Å². The first kappa shape index (κ1) is 13.6. The van der Waals surface area contributed by atoms with Crippen LogP contribution in [0.15, 0.2) is 32.2 Å². The lowest BCUT2D eigenvalue weighted by Gasteiger charge is -2.10. The molecule has 2 aromatic heterocycles. The van der Waals surface area contributed by atoms with Crippen molar-refractivity contribution < 1.29 is 5.11 Å². The molecule has 2 N–H and O–H groups in total. The first-order chi connectivity index (χ1) is 10.0. The van der Waals surface area contributed by atoms with E-state index in [-0.39, 0.29) is 17.5 Å². The van der Waals surface area contributed by atoms with E-state index in [2.05, 4.69) is 10.5 Å². The van der Waals surface area contributed by atoms with E-state index < -0.39 is 11.2 Å². The minimum absolute atomic E-state index is 0.0126. The molecule has 1 atom stereocenters. The van der Waals surface area contributed by atoms with Crippen LogP contribution < -0.4 is 16.7 Å². The van der Waals surface area contributed by atoms with Crippen LogP contribution in [-0.4, -0.2) is 20.0 Å². The summed E-state index contributed by atoms with van der Waals surface area (Å²) in [6.45, 7) is 0. The Morgan fingerprint density at radius 3 is 2.81 bits per heavy atom. The van der Waals surface area contributed by atoms with Gasteiger partial charge in [-0.25, -0.2) is 4.79 Å². The number of nitrogens with one attached hydrogen (secondary N) is 1. The summed E-state index contributed by atoms with van der Waals surface area (Å²) in [5.74, 6) is -0.351. The lowest BCUT2D eigenvalue weighted by Crippen LogP contribution is -2.39. The third kappa shape index (κ3) is 2.07. The Hall–Kier alpha value is -2.35. The molecule has 1 aliphatic heterocycles. The monoisotopic (exact) mass is 306 g/mol. The van der Waals surface area contributed by atoms with Crippen molar-refractivity contribution in [3.05, 3.63) is 48.8 Å². The van der Waals surface area contributed by atoms with Crippen LogP contribution >= 0.6 is 11.3 Å². The molecular formula is C13H14N4O3S. The molecule has 1 unspecified atom stereocenters. The van der Waals surface area contributed by atoms with Crippen molar-refractivity contribution in [1.82, 2.24) is 14.6 Å². The largest absolute Gasteiger partial charge is 0.494 e. The summed E-state index contributed by atoms with van der Waals surface area (Å²) in [5, 5.41) is 16.2. The first-order valence-electron chi connectivity index (χ1n) is 6.35. The number of aromatic nitrogens is 2. The summed E-state index contributed by atoms with van der Waals surface area (Å²) in [6, 6.07) is 3.92. The number of thiophene rings is 1. The van der Waals surface area contributed by atoms with Gasteiger partial charge in [0.05, 0.1) is 11.8 Å². The first-order valence-corrected chi connectivity index (χ1v) is 7.23. The highest BCUT2D eigenvalue weighted by Crippen LogP contribution is 2.28. The van der Waals surface area contributed by atoms with E-state index >= 15 is 0 Å². The van der Waals surface area contributed by atoms with E-state index in [0.717, 1.165) is 14.0 Å². The Labute approximate surface area is 123 Å². The second-order valence-electron chi connectivity index (χ2n) is 4.86. The van der Waals surface area contributed by atoms with Gasteiger partial charge in [0.1, 0.15) is 5.56 Å². The van der Waals surface area contributed by atoms with Gasteiger partial charge < -0.3 is 10.5 Å². The Balaban J connectivity index is 2.04. The van der Waals surface area contributed by atoms with Gasteiger partial charge in [-0.1, -0.05) is 6.07 Å². The molecule has 0 aliphatic carbocycles. The Bertz CT molecular complexity index is 832. The van der Waals surface area contributed by atoms with Gasteiger partial charge in [-0.2, -0.15) is 5.10 Å². The van der Waals surface area contributed by atoms with Crippen LogP contribution in [-0.2, 0) is 14.1 Å². The highest BCUT2D eigenvalue weighted by atomic mass is 32.1. The van der Waals surface area contributed by atoms with Crippen molar-refractivity contribution in [3.63, 3.8) is 0 Å². The minimum Gasteiger partial charge on any atom is -0.494 e. The molecule has 0 aromatic carbocycles. The third-order valence-electron chi connectivity index (χ3n) is 3.56. The summed E-state index contributed by atoms with van der Waals surface area (Å²) in [7, 11) is 2.80. The fourth-order valence-electron chi connectivity index (χ4n) is 2.34. The molecule has 3 heterocycles. The summed E-state index contributed by atoms with van der Waals surface area (Å²) in [4.78, 5) is 25.1.